The van der Waals surface area contributed by atoms with Gasteiger partial charge < -0.3 is 24.3 Å². The number of nitrogens with zero attached hydrogens (tertiary/aromatic N) is 2. The molecule has 0 saturated carbocycles. The van der Waals surface area contributed by atoms with Crippen molar-refractivity contribution in [3.8, 4) is 28.9 Å². The van der Waals surface area contributed by atoms with Crippen molar-refractivity contribution in [1.29, 1.82) is 0 Å². The fourth-order valence-electron chi connectivity index (χ4n) is 2.89. The van der Waals surface area contributed by atoms with Crippen molar-refractivity contribution in [2.45, 2.75) is 13.3 Å². The number of Topliss-reactive ketones (excluding diaryl/α,β-unsaturated/α-hetero) is 1. The van der Waals surface area contributed by atoms with E-state index in [0.717, 1.165) is 5.56 Å². The molecule has 0 aliphatic carbocycles. The fourth-order valence-corrected chi connectivity index (χ4v) is 3.16. The van der Waals surface area contributed by atoms with Gasteiger partial charge in [-0.15, -0.1) is 0 Å². The normalized spacial score (nSPS) is 10.4. The van der Waals surface area contributed by atoms with Crippen molar-refractivity contribution in [3.63, 3.8) is 0 Å². The molecule has 0 aliphatic heterocycles. The number of carbonyl (C=O) groups is 1. The first-order chi connectivity index (χ1) is 14.9. The Kier molecular flexibility index (Phi) is 7.30. The number of methoxy groups -OCH3 is 3. The second-order valence-electron chi connectivity index (χ2n) is 6.47. The minimum absolute atomic E-state index is 0.0440. The van der Waals surface area contributed by atoms with E-state index in [1.807, 2.05) is 18.2 Å². The number of aromatic nitrogens is 2. The van der Waals surface area contributed by atoms with Gasteiger partial charge in [0.05, 0.1) is 32.0 Å². The third kappa shape index (κ3) is 5.43. The SMILES string of the molecule is COc1cc(Nc2ncc(Br)c(Oc3ccccc3CC(C)=O)n2)cc(OC)c1OC. The lowest BCUT2D eigenvalue weighted by molar-refractivity contribution is -0.116. The quantitative estimate of drug-likeness (QED) is 0.453. The van der Waals surface area contributed by atoms with Crippen LogP contribution in [-0.4, -0.2) is 37.1 Å². The average Bonchev–Trinajstić information content (AvgIpc) is 2.76. The largest absolute Gasteiger partial charge is 0.493 e. The zero-order valence-corrected chi connectivity index (χ0v) is 19.1. The summed E-state index contributed by atoms with van der Waals surface area (Å²) >= 11 is 3.41. The number of rotatable bonds is 9. The summed E-state index contributed by atoms with van der Waals surface area (Å²) in [4.78, 5) is 20.3. The van der Waals surface area contributed by atoms with Crippen LogP contribution in [0, 0.1) is 0 Å². The summed E-state index contributed by atoms with van der Waals surface area (Å²) in [5, 5.41) is 3.11. The third-order valence-corrected chi connectivity index (χ3v) is 4.80. The average molecular weight is 488 g/mol. The third-order valence-electron chi connectivity index (χ3n) is 4.25. The smallest absolute Gasteiger partial charge is 0.238 e. The van der Waals surface area contributed by atoms with E-state index in [-0.39, 0.29) is 12.2 Å². The lowest BCUT2D eigenvalue weighted by Crippen LogP contribution is -2.03. The van der Waals surface area contributed by atoms with Gasteiger partial charge in [0, 0.05) is 29.8 Å². The van der Waals surface area contributed by atoms with Gasteiger partial charge in [-0.1, -0.05) is 18.2 Å². The maximum absolute atomic E-state index is 11.6. The number of halogens is 1. The van der Waals surface area contributed by atoms with E-state index in [0.29, 0.717) is 45.0 Å². The number of anilines is 2. The van der Waals surface area contributed by atoms with Crippen LogP contribution >= 0.6 is 15.9 Å². The first-order valence-corrected chi connectivity index (χ1v) is 10.1. The highest BCUT2D eigenvalue weighted by atomic mass is 79.9. The first-order valence-electron chi connectivity index (χ1n) is 9.30. The molecule has 31 heavy (non-hydrogen) atoms. The lowest BCUT2D eigenvalue weighted by atomic mass is 10.1. The maximum Gasteiger partial charge on any atom is 0.238 e. The van der Waals surface area contributed by atoms with Gasteiger partial charge in [0.2, 0.25) is 17.6 Å². The van der Waals surface area contributed by atoms with Crippen LogP contribution in [0.2, 0.25) is 0 Å². The van der Waals surface area contributed by atoms with Gasteiger partial charge in [0.1, 0.15) is 11.5 Å². The molecular formula is C22H22BrN3O5. The predicted octanol–water partition coefficient (Wildman–Crippen LogP) is 4.93. The molecule has 0 bridgehead atoms. The molecule has 0 unspecified atom stereocenters. The molecule has 1 aromatic heterocycles. The van der Waals surface area contributed by atoms with E-state index >= 15 is 0 Å². The highest BCUT2D eigenvalue weighted by Gasteiger charge is 2.15. The van der Waals surface area contributed by atoms with Crippen molar-refractivity contribution in [2.24, 2.45) is 0 Å². The molecule has 8 nitrogen and oxygen atoms in total. The van der Waals surface area contributed by atoms with E-state index in [1.165, 1.54) is 6.92 Å². The van der Waals surface area contributed by atoms with Gasteiger partial charge in [-0.3, -0.25) is 4.79 Å². The molecule has 3 aromatic rings. The number of para-hydroxylation sites is 1. The molecule has 0 spiro atoms. The van der Waals surface area contributed by atoms with Crippen molar-refractivity contribution in [3.05, 3.63) is 52.6 Å². The van der Waals surface area contributed by atoms with Crippen LogP contribution in [0.4, 0.5) is 11.6 Å². The van der Waals surface area contributed by atoms with Crippen molar-refractivity contribution in [2.75, 3.05) is 26.6 Å². The summed E-state index contributed by atoms with van der Waals surface area (Å²) in [7, 11) is 4.63. The number of carbonyl (C=O) groups excluding carboxylic acids is 1. The van der Waals surface area contributed by atoms with E-state index in [1.54, 1.807) is 45.7 Å². The van der Waals surface area contributed by atoms with E-state index in [4.69, 9.17) is 18.9 Å². The number of hydrogen-bond donors (Lipinski definition) is 1. The Labute approximate surface area is 188 Å². The predicted molar refractivity (Wildman–Crippen MR) is 120 cm³/mol. The molecule has 0 saturated heterocycles. The number of nitrogens with one attached hydrogen (secondary N) is 1. The number of hydrogen-bond acceptors (Lipinski definition) is 8. The Bertz CT molecular complexity index is 1070. The molecule has 0 radical (unpaired) electrons. The van der Waals surface area contributed by atoms with Crippen LogP contribution in [0.5, 0.6) is 28.9 Å². The van der Waals surface area contributed by atoms with Gasteiger partial charge >= 0.3 is 0 Å². The molecule has 162 valence electrons. The minimum atomic E-state index is 0.0440. The molecular weight excluding hydrogens is 466 g/mol. The number of ether oxygens (including phenoxy) is 4. The van der Waals surface area contributed by atoms with Gasteiger partial charge in [0.15, 0.2) is 11.5 Å². The molecule has 3 rings (SSSR count). The minimum Gasteiger partial charge on any atom is -0.493 e. The Balaban J connectivity index is 1.90. The Morgan fingerprint density at radius 2 is 1.71 bits per heavy atom. The summed E-state index contributed by atoms with van der Waals surface area (Å²) < 4.78 is 22.7. The monoisotopic (exact) mass is 487 g/mol. The van der Waals surface area contributed by atoms with Crippen LogP contribution in [0.25, 0.3) is 0 Å². The Morgan fingerprint density at radius 1 is 1.03 bits per heavy atom. The van der Waals surface area contributed by atoms with Crippen LogP contribution in [0.3, 0.4) is 0 Å². The Morgan fingerprint density at radius 3 is 2.32 bits per heavy atom. The fraction of sp³-hybridized carbons (Fsp3) is 0.227. The highest BCUT2D eigenvalue weighted by Crippen LogP contribution is 2.40. The number of benzene rings is 2. The van der Waals surface area contributed by atoms with Crippen molar-refractivity contribution < 1.29 is 23.7 Å². The van der Waals surface area contributed by atoms with E-state index in [2.05, 4.69) is 31.2 Å². The van der Waals surface area contributed by atoms with Gasteiger partial charge in [-0.05, 0) is 28.9 Å². The van der Waals surface area contributed by atoms with Gasteiger partial charge in [0.25, 0.3) is 0 Å². The topological polar surface area (TPSA) is 91.8 Å². The summed E-state index contributed by atoms with van der Waals surface area (Å²) in [6.07, 6.45) is 1.85. The van der Waals surface area contributed by atoms with Gasteiger partial charge in [-0.25, -0.2) is 4.98 Å². The standard InChI is InChI=1S/C22H22BrN3O5/c1-13(27)9-14-7-5-6-8-17(14)31-21-16(23)12-24-22(26-21)25-15-10-18(28-2)20(30-4)19(11-15)29-3/h5-8,10-12H,9H2,1-4H3,(H,24,25,26). The van der Waals surface area contributed by atoms with Crippen LogP contribution < -0.4 is 24.3 Å². The van der Waals surface area contributed by atoms with Crippen molar-refractivity contribution >= 4 is 33.3 Å². The summed E-state index contributed by atoms with van der Waals surface area (Å²) in [6, 6.07) is 10.8. The second kappa shape index (κ2) is 10.1. The van der Waals surface area contributed by atoms with Crippen LogP contribution in [0.15, 0.2) is 47.1 Å². The summed E-state index contributed by atoms with van der Waals surface area (Å²) in [5.74, 6) is 2.68. The number of ketones is 1. The van der Waals surface area contributed by atoms with E-state index in [9.17, 15) is 4.79 Å². The van der Waals surface area contributed by atoms with E-state index < -0.39 is 0 Å². The Hall–Kier alpha value is -3.33. The van der Waals surface area contributed by atoms with Crippen molar-refractivity contribution in [1.82, 2.24) is 9.97 Å². The van der Waals surface area contributed by atoms with Gasteiger partial charge in [-0.2, -0.15) is 4.98 Å². The molecule has 2 aromatic carbocycles. The molecule has 9 heteroatoms. The summed E-state index contributed by atoms with van der Waals surface area (Å²) in [5.41, 5.74) is 1.42. The molecule has 0 amide bonds. The molecule has 0 fully saturated rings. The zero-order chi connectivity index (χ0) is 22.4. The molecule has 0 aliphatic rings. The second-order valence-corrected chi connectivity index (χ2v) is 7.33. The first kappa shape index (κ1) is 22.4. The maximum atomic E-state index is 11.6. The summed E-state index contributed by atoms with van der Waals surface area (Å²) in [6.45, 7) is 1.54. The lowest BCUT2D eigenvalue weighted by Gasteiger charge is -2.15. The zero-order valence-electron chi connectivity index (χ0n) is 17.6. The van der Waals surface area contributed by atoms with Crippen LogP contribution in [0.1, 0.15) is 12.5 Å². The van der Waals surface area contributed by atoms with Crippen LogP contribution in [-0.2, 0) is 11.2 Å². The molecule has 1 heterocycles. The highest BCUT2D eigenvalue weighted by molar-refractivity contribution is 9.10. The molecule has 0 atom stereocenters. The molecule has 1 N–H and O–H groups in total.